The molecule has 1 aromatic rings. The Morgan fingerprint density at radius 1 is 1.38 bits per heavy atom. The van der Waals surface area contributed by atoms with Gasteiger partial charge in [0, 0.05) is 0 Å². The normalized spacial score (nSPS) is 34.2. The van der Waals surface area contributed by atoms with Crippen LogP contribution >= 0.6 is 0 Å². The van der Waals surface area contributed by atoms with Gasteiger partial charge in [0.2, 0.25) is 0 Å². The van der Waals surface area contributed by atoms with Crippen LogP contribution in [0.2, 0.25) is 0 Å². The highest BCUT2D eigenvalue weighted by Gasteiger charge is 2.45. The minimum atomic E-state index is -0.486. The second-order valence-electron chi connectivity index (χ2n) is 4.60. The second-order valence-corrected chi connectivity index (χ2v) is 4.60. The lowest BCUT2D eigenvalue weighted by atomic mass is 9.97. The SMILES string of the molecule is CCC1(CO)COC(C)(c2ccccc2)N1. The second kappa shape index (κ2) is 4.17. The molecule has 16 heavy (non-hydrogen) atoms. The predicted molar refractivity (Wildman–Crippen MR) is 63.0 cm³/mol. The summed E-state index contributed by atoms with van der Waals surface area (Å²) in [7, 11) is 0. The van der Waals surface area contributed by atoms with E-state index in [2.05, 4.69) is 12.2 Å². The molecule has 0 radical (unpaired) electrons. The van der Waals surface area contributed by atoms with Crippen LogP contribution in [0.4, 0.5) is 0 Å². The zero-order valence-electron chi connectivity index (χ0n) is 9.86. The number of aliphatic hydroxyl groups excluding tert-OH is 1. The summed E-state index contributed by atoms with van der Waals surface area (Å²) in [5.74, 6) is 0. The van der Waals surface area contributed by atoms with Gasteiger partial charge in [0.25, 0.3) is 0 Å². The summed E-state index contributed by atoms with van der Waals surface area (Å²) in [5.41, 5.74) is 0.309. The van der Waals surface area contributed by atoms with Crippen LogP contribution < -0.4 is 5.32 Å². The summed E-state index contributed by atoms with van der Waals surface area (Å²) in [5, 5.41) is 12.9. The van der Waals surface area contributed by atoms with Crippen LogP contribution in [0, 0.1) is 0 Å². The summed E-state index contributed by atoms with van der Waals surface area (Å²) in [6, 6.07) is 10.1. The van der Waals surface area contributed by atoms with Crippen LogP contribution in [0.5, 0.6) is 0 Å². The topological polar surface area (TPSA) is 41.5 Å². The van der Waals surface area contributed by atoms with Crippen molar-refractivity contribution in [2.45, 2.75) is 31.5 Å². The molecule has 3 heteroatoms. The largest absolute Gasteiger partial charge is 0.394 e. The predicted octanol–water partition coefficient (Wildman–Crippen LogP) is 1.62. The van der Waals surface area contributed by atoms with Gasteiger partial charge in [0.1, 0.15) is 5.72 Å². The molecule has 88 valence electrons. The van der Waals surface area contributed by atoms with Gasteiger partial charge in [0.05, 0.1) is 18.8 Å². The fourth-order valence-electron chi connectivity index (χ4n) is 2.16. The van der Waals surface area contributed by atoms with Crippen molar-refractivity contribution in [3.63, 3.8) is 0 Å². The summed E-state index contributed by atoms with van der Waals surface area (Å²) in [4.78, 5) is 0. The monoisotopic (exact) mass is 221 g/mol. The van der Waals surface area contributed by atoms with Crippen LogP contribution in [0.1, 0.15) is 25.8 Å². The number of benzene rings is 1. The van der Waals surface area contributed by atoms with Gasteiger partial charge in [-0.15, -0.1) is 0 Å². The van der Waals surface area contributed by atoms with E-state index in [0.29, 0.717) is 6.61 Å². The van der Waals surface area contributed by atoms with Crippen molar-refractivity contribution in [2.24, 2.45) is 0 Å². The van der Waals surface area contributed by atoms with Crippen molar-refractivity contribution in [1.82, 2.24) is 5.32 Å². The lowest BCUT2D eigenvalue weighted by molar-refractivity contribution is 0.00190. The number of rotatable bonds is 3. The van der Waals surface area contributed by atoms with Crippen molar-refractivity contribution in [1.29, 1.82) is 0 Å². The first kappa shape index (κ1) is 11.6. The molecule has 0 aromatic heterocycles. The molecule has 1 fully saturated rings. The number of hydrogen-bond donors (Lipinski definition) is 2. The maximum absolute atomic E-state index is 9.45. The van der Waals surface area contributed by atoms with E-state index in [0.717, 1.165) is 12.0 Å². The van der Waals surface area contributed by atoms with Crippen molar-refractivity contribution in [3.8, 4) is 0 Å². The first-order valence-corrected chi connectivity index (χ1v) is 5.74. The van der Waals surface area contributed by atoms with Gasteiger partial charge in [-0.3, -0.25) is 5.32 Å². The van der Waals surface area contributed by atoms with E-state index in [1.807, 2.05) is 37.3 Å². The van der Waals surface area contributed by atoms with Crippen molar-refractivity contribution in [3.05, 3.63) is 35.9 Å². The van der Waals surface area contributed by atoms with E-state index >= 15 is 0 Å². The van der Waals surface area contributed by atoms with Gasteiger partial charge in [-0.05, 0) is 18.9 Å². The van der Waals surface area contributed by atoms with Gasteiger partial charge < -0.3 is 9.84 Å². The zero-order chi connectivity index (χ0) is 11.6. The molecule has 2 rings (SSSR count). The van der Waals surface area contributed by atoms with Crippen LogP contribution in [-0.2, 0) is 10.5 Å². The minimum Gasteiger partial charge on any atom is -0.394 e. The summed E-state index contributed by atoms with van der Waals surface area (Å²) >= 11 is 0. The third-order valence-corrected chi connectivity index (χ3v) is 3.44. The van der Waals surface area contributed by atoms with E-state index in [9.17, 15) is 5.11 Å². The van der Waals surface area contributed by atoms with Crippen LogP contribution in [-0.4, -0.2) is 23.9 Å². The number of ether oxygens (including phenoxy) is 1. The maximum Gasteiger partial charge on any atom is 0.143 e. The first-order chi connectivity index (χ1) is 7.64. The molecule has 1 heterocycles. The number of hydrogen-bond acceptors (Lipinski definition) is 3. The Bertz CT molecular complexity index is 348. The Morgan fingerprint density at radius 3 is 2.56 bits per heavy atom. The van der Waals surface area contributed by atoms with Gasteiger partial charge in [-0.2, -0.15) is 0 Å². The third-order valence-electron chi connectivity index (χ3n) is 3.44. The van der Waals surface area contributed by atoms with E-state index in [4.69, 9.17) is 4.74 Å². The van der Waals surface area contributed by atoms with Gasteiger partial charge >= 0.3 is 0 Å². The van der Waals surface area contributed by atoms with Crippen LogP contribution in [0.3, 0.4) is 0 Å². The maximum atomic E-state index is 9.45. The number of aliphatic hydroxyl groups is 1. The van der Waals surface area contributed by atoms with Gasteiger partial charge in [0.15, 0.2) is 0 Å². The molecule has 0 spiro atoms. The van der Waals surface area contributed by atoms with E-state index in [-0.39, 0.29) is 12.1 Å². The molecule has 0 saturated carbocycles. The van der Waals surface area contributed by atoms with Crippen molar-refractivity contribution in [2.75, 3.05) is 13.2 Å². The molecule has 1 aliphatic heterocycles. The molecule has 0 aliphatic carbocycles. The molecule has 3 nitrogen and oxygen atoms in total. The highest BCUT2D eigenvalue weighted by Crippen LogP contribution is 2.33. The molecular weight excluding hydrogens is 202 g/mol. The Balaban J connectivity index is 2.24. The third kappa shape index (κ3) is 1.86. The standard InChI is InChI=1S/C13H19NO2/c1-3-13(9-15)10-16-12(2,14-13)11-7-5-4-6-8-11/h4-8,14-15H,3,9-10H2,1-2H3. The molecule has 1 aromatic carbocycles. The Morgan fingerprint density at radius 2 is 2.06 bits per heavy atom. The number of nitrogens with one attached hydrogen (secondary N) is 1. The lowest BCUT2D eigenvalue weighted by Crippen LogP contribution is -2.50. The quantitative estimate of drug-likeness (QED) is 0.815. The average Bonchev–Trinajstić information content (AvgIpc) is 2.71. The average molecular weight is 221 g/mol. The Hall–Kier alpha value is -0.900. The summed E-state index contributed by atoms with van der Waals surface area (Å²) < 4.78 is 5.85. The molecule has 0 bridgehead atoms. The molecule has 2 N–H and O–H groups in total. The van der Waals surface area contributed by atoms with E-state index in [1.54, 1.807) is 0 Å². The molecule has 2 unspecified atom stereocenters. The van der Waals surface area contributed by atoms with Crippen LogP contribution in [0.15, 0.2) is 30.3 Å². The first-order valence-electron chi connectivity index (χ1n) is 5.74. The van der Waals surface area contributed by atoms with Crippen molar-refractivity contribution < 1.29 is 9.84 Å². The molecule has 1 saturated heterocycles. The fraction of sp³-hybridized carbons (Fsp3) is 0.538. The Labute approximate surface area is 96.4 Å². The summed E-state index contributed by atoms with van der Waals surface area (Å²) in [6.07, 6.45) is 0.853. The highest BCUT2D eigenvalue weighted by molar-refractivity contribution is 5.23. The lowest BCUT2D eigenvalue weighted by Gasteiger charge is -2.29. The molecule has 1 aliphatic rings. The Kier molecular flexibility index (Phi) is 3.02. The highest BCUT2D eigenvalue weighted by atomic mass is 16.5. The molecule has 2 atom stereocenters. The van der Waals surface area contributed by atoms with Crippen LogP contribution in [0.25, 0.3) is 0 Å². The molecular formula is C13H19NO2. The van der Waals surface area contributed by atoms with E-state index < -0.39 is 5.72 Å². The van der Waals surface area contributed by atoms with Gasteiger partial charge in [-0.25, -0.2) is 0 Å². The fourth-order valence-corrected chi connectivity index (χ4v) is 2.16. The smallest absolute Gasteiger partial charge is 0.143 e. The van der Waals surface area contributed by atoms with Gasteiger partial charge in [-0.1, -0.05) is 37.3 Å². The minimum absolute atomic E-state index is 0.103. The van der Waals surface area contributed by atoms with E-state index in [1.165, 1.54) is 0 Å². The summed E-state index contributed by atoms with van der Waals surface area (Å²) in [6.45, 7) is 4.72. The zero-order valence-corrected chi connectivity index (χ0v) is 9.86. The van der Waals surface area contributed by atoms with Crippen molar-refractivity contribution >= 4 is 0 Å². The molecule has 0 amide bonds.